The zero-order chi connectivity index (χ0) is 23.0. The maximum absolute atomic E-state index is 13.1. The smallest absolute Gasteiger partial charge is 0.367 e. The average Bonchev–Trinajstić information content (AvgIpc) is 2.74. The Morgan fingerprint density at radius 2 is 2.10 bits per heavy atom. The second-order valence-electron chi connectivity index (χ2n) is 6.39. The van der Waals surface area contributed by atoms with E-state index in [1.54, 1.807) is 19.2 Å². The summed E-state index contributed by atoms with van der Waals surface area (Å²) in [4.78, 5) is 21.6. The first-order valence-corrected chi connectivity index (χ1v) is 9.53. The van der Waals surface area contributed by atoms with Crippen molar-refractivity contribution in [3.63, 3.8) is 0 Å². The summed E-state index contributed by atoms with van der Waals surface area (Å²) < 4.78 is 37.8. The molecule has 1 unspecified atom stereocenters. The van der Waals surface area contributed by atoms with Crippen molar-refractivity contribution >= 4 is 41.4 Å². The van der Waals surface area contributed by atoms with E-state index >= 15 is 0 Å². The molecular formula is C19H21ClF3N7O. The number of likely N-dealkylation sites (N-methyl/N-ethyl adjacent to an activating group) is 1. The van der Waals surface area contributed by atoms with Crippen molar-refractivity contribution in [1.29, 1.82) is 5.41 Å². The predicted octanol–water partition coefficient (Wildman–Crippen LogP) is 4.16. The first-order chi connectivity index (χ1) is 14.7. The Bertz CT molecular complexity index is 935. The number of halogens is 4. The fraction of sp³-hybridized carbons (Fsp3) is 0.316. The Hall–Kier alpha value is -3.21. The zero-order valence-electron chi connectivity index (χ0n) is 16.7. The summed E-state index contributed by atoms with van der Waals surface area (Å²) in [5.74, 6) is -0.166. The van der Waals surface area contributed by atoms with E-state index in [2.05, 4.69) is 25.8 Å². The number of nitrogens with one attached hydrogen (secondary N) is 3. The molecule has 0 spiro atoms. The van der Waals surface area contributed by atoms with E-state index in [-0.39, 0.29) is 29.9 Å². The Labute approximate surface area is 182 Å². The lowest BCUT2D eigenvalue weighted by Crippen LogP contribution is -2.41. The second kappa shape index (κ2) is 10.7. The number of carbonyl (C=O) groups is 1. The van der Waals surface area contributed by atoms with Gasteiger partial charge >= 0.3 is 6.18 Å². The molecule has 0 saturated carbocycles. The molecule has 0 fully saturated rings. The molecule has 0 aliphatic heterocycles. The predicted molar refractivity (Wildman–Crippen MR) is 114 cm³/mol. The van der Waals surface area contributed by atoms with E-state index in [1.807, 2.05) is 6.92 Å². The first-order valence-electron chi connectivity index (χ1n) is 9.15. The first kappa shape index (κ1) is 24.1. The minimum atomic E-state index is -4.56. The number of amides is 1. The van der Waals surface area contributed by atoms with Crippen LogP contribution in [0.25, 0.3) is 0 Å². The van der Waals surface area contributed by atoms with E-state index in [0.29, 0.717) is 23.3 Å². The van der Waals surface area contributed by atoms with Crippen LogP contribution in [0.3, 0.4) is 0 Å². The quantitative estimate of drug-likeness (QED) is 0.389. The van der Waals surface area contributed by atoms with Gasteiger partial charge in [0.1, 0.15) is 5.82 Å². The Morgan fingerprint density at radius 3 is 2.68 bits per heavy atom. The summed E-state index contributed by atoms with van der Waals surface area (Å²) in [6.45, 7) is 2.12. The topological polar surface area (TPSA) is 106 Å². The van der Waals surface area contributed by atoms with Crippen molar-refractivity contribution in [3.05, 3.63) is 46.9 Å². The highest BCUT2D eigenvalue weighted by atomic mass is 35.5. The lowest BCUT2D eigenvalue weighted by molar-refractivity contribution is -0.141. The van der Waals surface area contributed by atoms with Crippen LogP contribution in [0.15, 0.2) is 35.7 Å². The van der Waals surface area contributed by atoms with Gasteiger partial charge in [-0.05, 0) is 24.6 Å². The largest absolute Gasteiger partial charge is 0.434 e. The van der Waals surface area contributed by atoms with Gasteiger partial charge in [0.15, 0.2) is 5.69 Å². The molecule has 2 rings (SSSR count). The third-order valence-corrected chi connectivity index (χ3v) is 4.58. The number of nitrogens with zero attached hydrogens (tertiary/aromatic N) is 4. The van der Waals surface area contributed by atoms with E-state index in [9.17, 15) is 18.0 Å². The fourth-order valence-electron chi connectivity index (χ4n) is 2.63. The molecule has 0 saturated heterocycles. The average molecular weight is 456 g/mol. The minimum absolute atomic E-state index is 0.165. The van der Waals surface area contributed by atoms with Crippen molar-refractivity contribution in [2.75, 3.05) is 24.3 Å². The standard InChI is InChI=1S/C19H21ClF3N7O/c1-3-13(9-26-17-11-25-16(10-27-17)19(21,22)23)30(2)18(31)14-8-12(20)4-5-15(14)29-28-7-6-24/h4-8,10-11,13,24,29H,3,9H2,1-2H3,(H,26,27)/b24-6?,28-7-. The molecule has 166 valence electrons. The molecule has 1 atom stereocenters. The third kappa shape index (κ3) is 6.64. The lowest BCUT2D eigenvalue weighted by atomic mass is 10.1. The van der Waals surface area contributed by atoms with Crippen LogP contribution in [0.1, 0.15) is 29.4 Å². The third-order valence-electron chi connectivity index (χ3n) is 4.35. The van der Waals surface area contributed by atoms with Crippen LogP contribution >= 0.6 is 11.6 Å². The fourth-order valence-corrected chi connectivity index (χ4v) is 2.81. The van der Waals surface area contributed by atoms with Gasteiger partial charge in [0.05, 0.1) is 29.9 Å². The van der Waals surface area contributed by atoms with Gasteiger partial charge < -0.3 is 15.6 Å². The molecule has 31 heavy (non-hydrogen) atoms. The van der Waals surface area contributed by atoms with Crippen molar-refractivity contribution in [1.82, 2.24) is 14.9 Å². The van der Waals surface area contributed by atoms with Crippen molar-refractivity contribution in [2.24, 2.45) is 5.10 Å². The van der Waals surface area contributed by atoms with E-state index in [1.165, 1.54) is 17.2 Å². The molecule has 1 aromatic heterocycles. The van der Waals surface area contributed by atoms with Crippen LogP contribution in [0, 0.1) is 5.41 Å². The second-order valence-corrected chi connectivity index (χ2v) is 6.83. The molecule has 0 aliphatic carbocycles. The number of carbonyl (C=O) groups excluding carboxylic acids is 1. The number of hydrogen-bond donors (Lipinski definition) is 3. The lowest BCUT2D eigenvalue weighted by Gasteiger charge is -2.28. The van der Waals surface area contributed by atoms with E-state index in [0.717, 1.165) is 12.4 Å². The van der Waals surface area contributed by atoms with Gasteiger partial charge in [-0.1, -0.05) is 18.5 Å². The monoisotopic (exact) mass is 455 g/mol. The molecule has 2 aromatic rings. The summed E-state index contributed by atoms with van der Waals surface area (Å²) in [7, 11) is 1.61. The van der Waals surface area contributed by atoms with Gasteiger partial charge in [0.2, 0.25) is 0 Å². The number of rotatable bonds is 9. The van der Waals surface area contributed by atoms with Crippen molar-refractivity contribution in [3.8, 4) is 0 Å². The highest BCUT2D eigenvalue weighted by Gasteiger charge is 2.32. The highest BCUT2D eigenvalue weighted by molar-refractivity contribution is 6.31. The van der Waals surface area contributed by atoms with Crippen LogP contribution < -0.4 is 10.7 Å². The van der Waals surface area contributed by atoms with Crippen LogP contribution in [-0.4, -0.2) is 52.8 Å². The number of alkyl halides is 3. The molecule has 0 radical (unpaired) electrons. The molecule has 0 aliphatic rings. The van der Waals surface area contributed by atoms with Gasteiger partial charge in [-0.3, -0.25) is 10.2 Å². The SMILES string of the molecule is CCC(CNc1cnc(C(F)(F)F)cn1)N(C)C(=O)c1cc(Cl)ccc1N/N=C\C=N. The molecule has 1 aromatic carbocycles. The number of anilines is 2. The van der Waals surface area contributed by atoms with E-state index < -0.39 is 11.9 Å². The van der Waals surface area contributed by atoms with Gasteiger partial charge in [0.25, 0.3) is 5.91 Å². The normalized spacial score (nSPS) is 12.5. The Kier molecular flexibility index (Phi) is 8.31. The van der Waals surface area contributed by atoms with E-state index in [4.69, 9.17) is 17.0 Å². The van der Waals surface area contributed by atoms with Gasteiger partial charge in [-0.15, -0.1) is 0 Å². The number of aromatic nitrogens is 2. The molecule has 1 amide bonds. The molecule has 3 N–H and O–H groups in total. The summed E-state index contributed by atoms with van der Waals surface area (Å²) in [5.41, 5.74) is 2.31. The highest BCUT2D eigenvalue weighted by Crippen LogP contribution is 2.27. The maximum atomic E-state index is 13.1. The van der Waals surface area contributed by atoms with Gasteiger partial charge in [-0.2, -0.15) is 18.3 Å². The van der Waals surface area contributed by atoms with Crippen LogP contribution in [-0.2, 0) is 6.18 Å². The summed E-state index contributed by atoms with van der Waals surface area (Å²) in [6.07, 6.45) is -0.140. The molecule has 8 nitrogen and oxygen atoms in total. The summed E-state index contributed by atoms with van der Waals surface area (Å²) in [5, 5.41) is 14.1. The Morgan fingerprint density at radius 1 is 1.35 bits per heavy atom. The molecular weight excluding hydrogens is 435 g/mol. The summed E-state index contributed by atoms with van der Waals surface area (Å²) >= 11 is 6.05. The van der Waals surface area contributed by atoms with Crippen LogP contribution in [0.5, 0.6) is 0 Å². The van der Waals surface area contributed by atoms with Gasteiger partial charge in [0, 0.05) is 30.9 Å². The van der Waals surface area contributed by atoms with Crippen LogP contribution in [0.4, 0.5) is 24.7 Å². The summed E-state index contributed by atoms with van der Waals surface area (Å²) in [6, 6.07) is 4.41. The molecule has 12 heteroatoms. The molecule has 1 heterocycles. The number of benzene rings is 1. The number of hydrogen-bond acceptors (Lipinski definition) is 7. The maximum Gasteiger partial charge on any atom is 0.434 e. The molecule has 0 bridgehead atoms. The van der Waals surface area contributed by atoms with Gasteiger partial charge in [-0.25, -0.2) is 9.97 Å². The Balaban J connectivity index is 2.12. The van der Waals surface area contributed by atoms with Crippen LogP contribution in [0.2, 0.25) is 5.02 Å². The van der Waals surface area contributed by atoms with Crippen molar-refractivity contribution < 1.29 is 18.0 Å². The minimum Gasteiger partial charge on any atom is -0.367 e. The van der Waals surface area contributed by atoms with Crippen molar-refractivity contribution in [2.45, 2.75) is 25.6 Å². The zero-order valence-corrected chi connectivity index (χ0v) is 17.5. The number of hydrazone groups is 1.